The van der Waals surface area contributed by atoms with E-state index in [1.807, 2.05) is 0 Å². The lowest BCUT2D eigenvalue weighted by molar-refractivity contribution is 0.986. The van der Waals surface area contributed by atoms with Crippen molar-refractivity contribution in [2.75, 3.05) is 29.4 Å². The molecule has 0 N–H and O–H groups in total. The summed E-state index contributed by atoms with van der Waals surface area (Å²) in [5, 5.41) is 0. The van der Waals surface area contributed by atoms with Gasteiger partial charge in [0.1, 0.15) is 0 Å². The summed E-state index contributed by atoms with van der Waals surface area (Å²) >= 11 is 0. The van der Waals surface area contributed by atoms with E-state index in [9.17, 15) is 0 Å². The topological polar surface area (TPSA) is 71.3 Å². The minimum Gasteiger partial charge on any atom is -0.311 e. The van der Waals surface area contributed by atoms with E-state index in [0.29, 0.717) is 17.3 Å². The maximum Gasteiger partial charge on any atom is 0.225 e. The van der Waals surface area contributed by atoms with Gasteiger partial charge in [-0.15, -0.1) is 0 Å². The van der Waals surface area contributed by atoms with Gasteiger partial charge in [0.05, 0.1) is 34.2 Å². The van der Waals surface area contributed by atoms with E-state index in [4.69, 9.17) is 15.0 Å². The molecule has 0 saturated heterocycles. The Balaban J connectivity index is 0.863. The molecule has 0 aliphatic heterocycles. The molecule has 0 aliphatic rings. The zero-order valence-electron chi connectivity index (χ0n) is 70.4. The molecule has 0 unspecified atom stereocenters. The highest BCUT2D eigenvalue weighted by molar-refractivity contribution is 5.95. The van der Waals surface area contributed by atoms with E-state index >= 15 is 0 Å². The summed E-state index contributed by atoms with van der Waals surface area (Å²) in [5.74, 6) is 1.75. The predicted octanol–water partition coefficient (Wildman–Crippen LogP) is 31.5. The molecule has 12 nitrogen and oxygen atoms in total. The Morgan fingerprint density at radius 2 is 0.225 bits per heavy atom. The van der Waals surface area contributed by atoms with Crippen LogP contribution in [0.4, 0.5) is 102 Å². The molecule has 612 valence electrons. The molecule has 4 heterocycles. The number of aromatic nitrogens is 6. The minimum absolute atomic E-state index is 0.585. The molecule has 22 rings (SSSR count). The van der Waals surface area contributed by atoms with E-state index in [1.54, 1.807) is 0 Å². The SMILES string of the molecule is c1ccc(N(c2ccccc2)c2ccc(-c3nc4n(c3-c3ccc(N(c5ccccc5)c5ccccc5)cc3)c3nc(-c5ccc(N(c6ccccc6)c6ccccc6)cc5)c(-c5ccc(N(c6ccccc6)c6ccccc6)cc5)n3c3nc(-c5ccc(N(c6ccccc6)c6ccccc6)cc5)c(-c5ccc(N(c6ccccc6)c6ccccc6)cc5)n43)cc2)cc1. The smallest absolute Gasteiger partial charge is 0.225 e. The van der Waals surface area contributed by atoms with Crippen LogP contribution in [-0.2, 0) is 0 Å². The monoisotopic (exact) mass is 1660 g/mol. The van der Waals surface area contributed by atoms with Crippen LogP contribution in [0, 0.1) is 0 Å². The molecule has 0 fully saturated rings. The lowest BCUT2D eigenvalue weighted by Gasteiger charge is -2.25. The predicted molar refractivity (Wildman–Crippen MR) is 533 cm³/mol. The standard InChI is InChI=1S/C117H84N12/c1-13-37-91(38-14-1)121(92-39-15-2-16-40-92)103-73-61-85(62-74-103)109-112(88-67-79-106(80-68-88)124(97-49-25-7-26-50-97)98-51-27-8-28-52-98)127-115(118-109)128-113(89-69-81-107(82-70-89)125(99-53-29-9-30-54-99)100-55-31-10-32-56-100)110(86-63-75-104(76-64-86)122(93-41-17-3-18-42-93)94-43-19-4-20-44-94)120-117(128)129-114(90-71-83-108(84-72-90)126(101-57-33-11-34-58-101)102-59-35-12-36-60-102)111(119-116(127)129)87-65-77-105(78-66-87)123(95-45-21-5-22-46-95)96-47-23-6-24-48-96/h1-84H. The Hall–Kier alpha value is -17.6. The first-order valence-electron chi connectivity index (χ1n) is 43.5. The molecular formula is C117H84N12. The van der Waals surface area contributed by atoms with Crippen molar-refractivity contribution in [2.45, 2.75) is 0 Å². The molecule has 0 radical (unpaired) electrons. The van der Waals surface area contributed by atoms with Crippen molar-refractivity contribution in [2.24, 2.45) is 0 Å². The molecule has 129 heavy (non-hydrogen) atoms. The average molecular weight is 1660 g/mol. The molecule has 18 aromatic carbocycles. The van der Waals surface area contributed by atoms with Gasteiger partial charge >= 0.3 is 0 Å². The molecule has 0 bridgehead atoms. The Kier molecular flexibility index (Phi) is 20.8. The van der Waals surface area contributed by atoms with Gasteiger partial charge in [-0.25, -0.2) is 28.2 Å². The molecule has 12 heteroatoms. The van der Waals surface area contributed by atoms with Crippen LogP contribution in [0.1, 0.15) is 0 Å². The van der Waals surface area contributed by atoms with Crippen LogP contribution in [0.5, 0.6) is 0 Å². The van der Waals surface area contributed by atoms with Gasteiger partial charge in [-0.3, -0.25) is 0 Å². The van der Waals surface area contributed by atoms with Gasteiger partial charge in [0.25, 0.3) is 0 Å². The van der Waals surface area contributed by atoms with Crippen molar-refractivity contribution in [3.63, 3.8) is 0 Å². The lowest BCUT2D eigenvalue weighted by Crippen LogP contribution is -2.10. The minimum atomic E-state index is 0.585. The van der Waals surface area contributed by atoms with Crippen molar-refractivity contribution >= 4 is 120 Å². The zero-order chi connectivity index (χ0) is 85.8. The van der Waals surface area contributed by atoms with Crippen LogP contribution < -0.4 is 29.4 Å². The van der Waals surface area contributed by atoms with Crippen molar-refractivity contribution in [3.8, 4) is 67.5 Å². The fraction of sp³-hybridized carbons (Fsp3) is 0. The first-order valence-corrected chi connectivity index (χ1v) is 43.5. The van der Waals surface area contributed by atoms with E-state index in [1.165, 1.54) is 0 Å². The molecule has 4 aromatic heterocycles. The van der Waals surface area contributed by atoms with Gasteiger partial charge < -0.3 is 29.4 Å². The van der Waals surface area contributed by atoms with Gasteiger partial charge in [0.15, 0.2) is 0 Å². The van der Waals surface area contributed by atoms with Crippen molar-refractivity contribution < 1.29 is 0 Å². The second-order valence-corrected chi connectivity index (χ2v) is 31.7. The number of anilines is 18. The van der Waals surface area contributed by atoms with Crippen LogP contribution in [0.2, 0.25) is 0 Å². The van der Waals surface area contributed by atoms with Gasteiger partial charge in [-0.05, 0) is 218 Å². The summed E-state index contributed by atoms with van der Waals surface area (Å²) < 4.78 is 6.93. The van der Waals surface area contributed by atoms with Crippen LogP contribution >= 0.6 is 0 Å². The highest BCUT2D eigenvalue weighted by Gasteiger charge is 2.33. The summed E-state index contributed by atoms with van der Waals surface area (Å²) in [4.78, 5) is 32.6. The van der Waals surface area contributed by atoms with Gasteiger partial charge in [-0.2, -0.15) is 0 Å². The van der Waals surface area contributed by atoms with Gasteiger partial charge in [0, 0.05) is 136 Å². The number of rotatable bonds is 24. The summed E-state index contributed by atoms with van der Waals surface area (Å²) in [6.45, 7) is 0. The van der Waals surface area contributed by atoms with Crippen LogP contribution in [-0.4, -0.2) is 28.2 Å². The van der Waals surface area contributed by atoms with E-state index in [2.05, 4.69) is 552 Å². The third kappa shape index (κ3) is 15.0. The Morgan fingerprint density at radius 1 is 0.116 bits per heavy atom. The Bertz CT molecular complexity index is 6570. The number of imidazole rings is 3. The molecular weight excluding hydrogens is 1570 g/mol. The average Bonchev–Trinajstić information content (AvgIpc) is 1.52. The largest absolute Gasteiger partial charge is 0.311 e. The number of benzene rings is 18. The first-order chi connectivity index (χ1) is 64.0. The van der Waals surface area contributed by atoms with E-state index in [-0.39, 0.29) is 0 Å². The van der Waals surface area contributed by atoms with E-state index in [0.717, 1.165) is 170 Å². The van der Waals surface area contributed by atoms with Gasteiger partial charge in [0.2, 0.25) is 17.3 Å². The highest BCUT2D eigenvalue weighted by atomic mass is 15.3. The fourth-order valence-corrected chi connectivity index (χ4v) is 17.9. The quantitative estimate of drug-likeness (QED) is 0.0588. The molecule has 0 spiro atoms. The number of hydrogen-bond acceptors (Lipinski definition) is 9. The van der Waals surface area contributed by atoms with Crippen molar-refractivity contribution in [1.29, 1.82) is 0 Å². The third-order valence-electron chi connectivity index (χ3n) is 23.7. The van der Waals surface area contributed by atoms with E-state index < -0.39 is 0 Å². The second kappa shape index (κ2) is 34.6. The highest BCUT2D eigenvalue weighted by Crippen LogP contribution is 2.49. The maximum atomic E-state index is 6.25. The summed E-state index contributed by atoms with van der Waals surface area (Å²) in [6, 6.07) is 181. The lowest BCUT2D eigenvalue weighted by atomic mass is 10.0. The Labute approximate surface area is 749 Å². The van der Waals surface area contributed by atoms with Crippen molar-refractivity contribution in [3.05, 3.63) is 510 Å². The number of para-hydroxylation sites is 12. The number of fused-ring (bicyclic) bond motifs is 6. The van der Waals surface area contributed by atoms with Crippen LogP contribution in [0.3, 0.4) is 0 Å². The maximum absolute atomic E-state index is 6.25. The molecule has 0 atom stereocenters. The summed E-state index contributed by atoms with van der Waals surface area (Å²) in [6.07, 6.45) is 0. The van der Waals surface area contributed by atoms with Crippen LogP contribution in [0.15, 0.2) is 510 Å². The molecule has 0 amide bonds. The first kappa shape index (κ1) is 77.4. The summed E-state index contributed by atoms with van der Waals surface area (Å²) in [7, 11) is 0. The van der Waals surface area contributed by atoms with Crippen molar-refractivity contribution in [1.82, 2.24) is 28.2 Å². The molecule has 0 aliphatic carbocycles. The molecule has 0 saturated carbocycles. The van der Waals surface area contributed by atoms with Gasteiger partial charge in [-0.1, -0.05) is 291 Å². The zero-order valence-corrected chi connectivity index (χ0v) is 70.4. The normalized spacial score (nSPS) is 11.3. The fourth-order valence-electron chi connectivity index (χ4n) is 17.9. The number of hydrogen-bond donors (Lipinski definition) is 0. The number of nitrogens with zero attached hydrogens (tertiary/aromatic N) is 12. The van der Waals surface area contributed by atoms with Crippen LogP contribution in [0.25, 0.3) is 84.9 Å². The second-order valence-electron chi connectivity index (χ2n) is 31.7. The Morgan fingerprint density at radius 3 is 0.349 bits per heavy atom. The molecule has 22 aromatic rings. The third-order valence-corrected chi connectivity index (χ3v) is 23.7. The summed E-state index contributed by atoms with van der Waals surface area (Å²) in [5.41, 5.74) is 28.2.